The van der Waals surface area contributed by atoms with Crippen LogP contribution in [0.4, 0.5) is 0 Å². The van der Waals surface area contributed by atoms with Gasteiger partial charge >= 0.3 is 0 Å². The first-order valence-electron chi connectivity index (χ1n) is 8.53. The molecule has 1 aliphatic rings. The molecule has 1 aromatic carbocycles. The molecular formula is C20H30O3Si. The van der Waals surface area contributed by atoms with Crippen molar-refractivity contribution in [1.29, 1.82) is 0 Å². The van der Waals surface area contributed by atoms with Gasteiger partial charge in [0, 0.05) is 0 Å². The van der Waals surface area contributed by atoms with Gasteiger partial charge < -0.3 is 13.9 Å². The SMILES string of the molecule is COc1ccc(CO[C@@H]2C=CC(O[Si](C)(C)C(C)(C)C)=CC2)cc1. The Morgan fingerprint density at radius 2 is 1.79 bits per heavy atom. The molecule has 0 saturated heterocycles. The van der Waals surface area contributed by atoms with E-state index >= 15 is 0 Å². The molecule has 0 bridgehead atoms. The molecule has 0 spiro atoms. The molecule has 0 heterocycles. The summed E-state index contributed by atoms with van der Waals surface area (Å²) in [6, 6.07) is 7.99. The zero-order valence-electron chi connectivity index (χ0n) is 15.8. The first-order chi connectivity index (χ1) is 11.2. The van der Waals surface area contributed by atoms with Crippen LogP contribution in [0, 0.1) is 0 Å². The van der Waals surface area contributed by atoms with E-state index in [1.54, 1.807) is 7.11 Å². The van der Waals surface area contributed by atoms with Crippen LogP contribution >= 0.6 is 0 Å². The van der Waals surface area contributed by atoms with Crippen molar-refractivity contribution in [1.82, 2.24) is 0 Å². The van der Waals surface area contributed by atoms with Crippen molar-refractivity contribution < 1.29 is 13.9 Å². The molecule has 4 heteroatoms. The number of ether oxygens (including phenoxy) is 2. The van der Waals surface area contributed by atoms with E-state index in [1.807, 2.05) is 24.3 Å². The molecule has 3 nitrogen and oxygen atoms in total. The summed E-state index contributed by atoms with van der Waals surface area (Å²) in [5.41, 5.74) is 1.15. The molecule has 0 aromatic heterocycles. The van der Waals surface area contributed by atoms with Crippen LogP contribution in [0.5, 0.6) is 5.75 Å². The summed E-state index contributed by atoms with van der Waals surface area (Å²) in [5, 5.41) is 0.212. The molecule has 1 atom stereocenters. The van der Waals surface area contributed by atoms with Gasteiger partial charge in [-0.2, -0.15) is 0 Å². The van der Waals surface area contributed by atoms with Crippen molar-refractivity contribution in [3.05, 3.63) is 53.8 Å². The molecule has 0 fully saturated rings. The first-order valence-corrected chi connectivity index (χ1v) is 11.4. The fraction of sp³-hybridized carbons (Fsp3) is 0.500. The highest BCUT2D eigenvalue weighted by Crippen LogP contribution is 2.38. The van der Waals surface area contributed by atoms with Gasteiger partial charge in [0.05, 0.1) is 25.6 Å². The van der Waals surface area contributed by atoms with Gasteiger partial charge in [0.15, 0.2) is 0 Å². The number of rotatable bonds is 6. The monoisotopic (exact) mass is 346 g/mol. The summed E-state index contributed by atoms with van der Waals surface area (Å²) in [7, 11) is -0.0920. The Morgan fingerprint density at radius 3 is 2.29 bits per heavy atom. The van der Waals surface area contributed by atoms with Crippen LogP contribution in [0.25, 0.3) is 0 Å². The second kappa shape index (κ2) is 7.58. The minimum absolute atomic E-state index is 0.110. The van der Waals surface area contributed by atoms with Crippen molar-refractivity contribution in [2.45, 2.75) is 58.0 Å². The largest absolute Gasteiger partial charge is 0.544 e. The molecule has 0 amide bonds. The van der Waals surface area contributed by atoms with Crippen molar-refractivity contribution >= 4 is 8.32 Å². The Kier molecular flexibility index (Phi) is 5.94. The molecule has 0 radical (unpaired) electrons. The van der Waals surface area contributed by atoms with Crippen LogP contribution in [0.2, 0.25) is 18.1 Å². The second-order valence-electron chi connectivity index (χ2n) is 7.76. The quantitative estimate of drug-likeness (QED) is 0.641. The number of methoxy groups -OCH3 is 1. The van der Waals surface area contributed by atoms with E-state index in [0.717, 1.165) is 23.5 Å². The minimum Gasteiger partial charge on any atom is -0.544 e. The molecule has 1 aliphatic carbocycles. The predicted molar refractivity (Wildman–Crippen MR) is 102 cm³/mol. The van der Waals surface area contributed by atoms with Gasteiger partial charge in [-0.15, -0.1) is 0 Å². The van der Waals surface area contributed by atoms with Gasteiger partial charge in [0.25, 0.3) is 0 Å². The lowest BCUT2D eigenvalue weighted by Crippen LogP contribution is -2.40. The second-order valence-corrected chi connectivity index (χ2v) is 12.5. The maximum absolute atomic E-state index is 6.32. The van der Waals surface area contributed by atoms with Gasteiger partial charge in [-0.25, -0.2) is 0 Å². The first kappa shape index (κ1) is 18.8. The summed E-state index contributed by atoms with van der Waals surface area (Å²) in [6.07, 6.45) is 7.28. The third-order valence-corrected chi connectivity index (χ3v) is 9.19. The van der Waals surface area contributed by atoms with E-state index in [0.29, 0.717) is 6.61 Å². The number of hydrogen-bond donors (Lipinski definition) is 0. The van der Waals surface area contributed by atoms with Crippen LogP contribution in [-0.4, -0.2) is 21.5 Å². The Bertz CT molecular complexity index is 594. The summed E-state index contributed by atoms with van der Waals surface area (Å²) in [6.45, 7) is 11.9. The van der Waals surface area contributed by atoms with Gasteiger partial charge in [0.2, 0.25) is 8.32 Å². The average Bonchev–Trinajstić information content (AvgIpc) is 2.53. The molecule has 0 N–H and O–H groups in total. The maximum Gasteiger partial charge on any atom is 0.250 e. The van der Waals surface area contributed by atoms with E-state index < -0.39 is 8.32 Å². The van der Waals surface area contributed by atoms with E-state index in [1.165, 1.54) is 0 Å². The highest BCUT2D eigenvalue weighted by atomic mass is 28.4. The predicted octanol–water partition coefficient (Wildman–Crippen LogP) is 5.45. The Labute approximate surface area is 147 Å². The molecule has 0 aliphatic heterocycles. The zero-order valence-corrected chi connectivity index (χ0v) is 16.8. The van der Waals surface area contributed by atoms with Gasteiger partial charge in [-0.1, -0.05) is 39.0 Å². The number of hydrogen-bond acceptors (Lipinski definition) is 3. The van der Waals surface area contributed by atoms with Gasteiger partial charge in [-0.3, -0.25) is 0 Å². The van der Waals surface area contributed by atoms with Gasteiger partial charge in [-0.05, 0) is 54.4 Å². The van der Waals surface area contributed by atoms with E-state index in [9.17, 15) is 0 Å². The summed E-state index contributed by atoms with van der Waals surface area (Å²) in [4.78, 5) is 0. The Morgan fingerprint density at radius 1 is 1.12 bits per heavy atom. The Hall–Kier alpha value is -1.52. The molecule has 0 saturated carbocycles. The highest BCUT2D eigenvalue weighted by molar-refractivity contribution is 6.74. The molecular weight excluding hydrogens is 316 g/mol. The minimum atomic E-state index is -1.77. The van der Waals surface area contributed by atoms with Crippen molar-refractivity contribution in [3.8, 4) is 5.75 Å². The van der Waals surface area contributed by atoms with Crippen LogP contribution in [0.1, 0.15) is 32.8 Å². The number of allylic oxidation sites excluding steroid dienone is 1. The maximum atomic E-state index is 6.32. The van der Waals surface area contributed by atoms with Crippen LogP contribution < -0.4 is 4.74 Å². The molecule has 24 heavy (non-hydrogen) atoms. The highest BCUT2D eigenvalue weighted by Gasteiger charge is 2.39. The van der Waals surface area contributed by atoms with E-state index in [-0.39, 0.29) is 11.1 Å². The Balaban J connectivity index is 1.83. The lowest BCUT2D eigenvalue weighted by molar-refractivity contribution is 0.0721. The van der Waals surface area contributed by atoms with Crippen LogP contribution in [0.3, 0.4) is 0 Å². The van der Waals surface area contributed by atoms with Crippen molar-refractivity contribution in [3.63, 3.8) is 0 Å². The third-order valence-electron chi connectivity index (χ3n) is 4.83. The standard InChI is InChI=1S/C20H30O3Si/c1-20(2,3)24(5,6)23-19-13-11-18(12-14-19)22-15-16-7-9-17(21-4)10-8-16/h7-11,13-14,18H,12,15H2,1-6H3/t18-/m1/s1. The molecule has 0 unspecified atom stereocenters. The summed E-state index contributed by atoms with van der Waals surface area (Å²) in [5.74, 6) is 1.86. The molecule has 1 aromatic rings. The lowest BCUT2D eigenvalue weighted by Gasteiger charge is -2.37. The van der Waals surface area contributed by atoms with E-state index in [2.05, 4.69) is 52.1 Å². The number of benzene rings is 1. The topological polar surface area (TPSA) is 27.7 Å². The fourth-order valence-corrected chi connectivity index (χ4v) is 3.20. The van der Waals surface area contributed by atoms with Crippen LogP contribution in [-0.2, 0) is 15.8 Å². The van der Waals surface area contributed by atoms with Crippen LogP contribution in [0.15, 0.2) is 48.3 Å². The smallest absolute Gasteiger partial charge is 0.250 e. The lowest BCUT2D eigenvalue weighted by atomic mass is 10.1. The average molecular weight is 347 g/mol. The van der Waals surface area contributed by atoms with E-state index in [4.69, 9.17) is 13.9 Å². The summed E-state index contributed by atoms with van der Waals surface area (Å²) >= 11 is 0. The fourth-order valence-electron chi connectivity index (χ4n) is 2.15. The van der Waals surface area contributed by atoms with Gasteiger partial charge in [0.1, 0.15) is 5.75 Å². The van der Waals surface area contributed by atoms with Crippen molar-refractivity contribution in [2.75, 3.05) is 7.11 Å². The molecule has 132 valence electrons. The zero-order chi connectivity index (χ0) is 17.8. The summed E-state index contributed by atoms with van der Waals surface area (Å²) < 4.78 is 17.5. The normalized spacial score (nSPS) is 18.2. The molecule has 2 rings (SSSR count). The third kappa shape index (κ3) is 4.98. The van der Waals surface area contributed by atoms with Crippen molar-refractivity contribution in [2.24, 2.45) is 0 Å².